The molecule has 0 saturated carbocycles. The van der Waals surface area contributed by atoms with Gasteiger partial charge in [-0.1, -0.05) is 72.8 Å². The molecule has 0 unspecified atom stereocenters. The SMILES string of the molecule is C/C=C\C.Cc1cc(C#N)ccc1-c1ccc(-n2c3ccccc3c3c4sc5ccccc5c4ccc32)cc1. The molecule has 0 bridgehead atoms. The largest absolute Gasteiger partial charge is 0.309 e. The molecular weight excluding hydrogens is 492 g/mol. The maximum absolute atomic E-state index is 9.19. The molecule has 7 rings (SSSR count). The molecule has 2 nitrogen and oxygen atoms in total. The highest BCUT2D eigenvalue weighted by atomic mass is 32.1. The Hall–Kier alpha value is -4.65. The summed E-state index contributed by atoms with van der Waals surface area (Å²) in [5, 5.41) is 14.5. The van der Waals surface area contributed by atoms with E-state index in [1.54, 1.807) is 0 Å². The molecule has 188 valence electrons. The number of hydrogen-bond acceptors (Lipinski definition) is 2. The fourth-order valence-corrected chi connectivity index (χ4v) is 6.62. The number of rotatable bonds is 2. The summed E-state index contributed by atoms with van der Waals surface area (Å²) in [6, 6.07) is 38.8. The molecule has 0 amide bonds. The number of hydrogen-bond donors (Lipinski definition) is 0. The predicted molar refractivity (Wildman–Crippen MR) is 169 cm³/mol. The minimum Gasteiger partial charge on any atom is -0.309 e. The third kappa shape index (κ3) is 4.20. The van der Waals surface area contributed by atoms with Crippen molar-refractivity contribution in [2.24, 2.45) is 0 Å². The topological polar surface area (TPSA) is 28.7 Å². The molecule has 0 aliphatic carbocycles. The third-order valence-electron chi connectivity index (χ3n) is 7.31. The van der Waals surface area contributed by atoms with Crippen LogP contribution in [0.2, 0.25) is 0 Å². The van der Waals surface area contributed by atoms with Crippen molar-refractivity contribution in [3.63, 3.8) is 0 Å². The predicted octanol–water partition coefficient (Wildman–Crippen LogP) is 10.6. The smallest absolute Gasteiger partial charge is 0.0991 e. The van der Waals surface area contributed by atoms with Crippen LogP contribution in [0.4, 0.5) is 0 Å². The van der Waals surface area contributed by atoms with Crippen LogP contribution < -0.4 is 0 Å². The van der Waals surface area contributed by atoms with E-state index in [-0.39, 0.29) is 0 Å². The standard InChI is InChI=1S/C32H20N2S.C4H8/c1-20-18-21(19-33)10-15-24(20)22-11-13-23(14-12-22)34-28-8-4-2-7-27(28)31-29(34)17-16-26-25-6-3-5-9-30(25)35-32(26)31;1-3-4-2/h2-18H,1H3;3-4H,1-2H3/b;4-3-. The minimum atomic E-state index is 0.695. The lowest BCUT2D eigenvalue weighted by molar-refractivity contribution is 1.18. The van der Waals surface area contributed by atoms with E-state index in [9.17, 15) is 5.26 Å². The number of thiophene rings is 1. The van der Waals surface area contributed by atoms with Gasteiger partial charge in [-0.05, 0) is 79.9 Å². The van der Waals surface area contributed by atoms with E-state index in [0.717, 1.165) is 22.4 Å². The first-order valence-electron chi connectivity index (χ1n) is 13.2. The number of para-hydroxylation sites is 1. The summed E-state index contributed by atoms with van der Waals surface area (Å²) in [7, 11) is 0. The maximum atomic E-state index is 9.19. The summed E-state index contributed by atoms with van der Waals surface area (Å²) in [6.45, 7) is 6.06. The van der Waals surface area contributed by atoms with Gasteiger partial charge in [-0.3, -0.25) is 0 Å². The quantitative estimate of drug-likeness (QED) is 0.208. The Morgan fingerprint density at radius 2 is 1.44 bits per heavy atom. The summed E-state index contributed by atoms with van der Waals surface area (Å²) in [5.41, 5.74) is 7.71. The monoisotopic (exact) mass is 520 g/mol. The van der Waals surface area contributed by atoms with Crippen LogP contribution in [-0.2, 0) is 0 Å². The summed E-state index contributed by atoms with van der Waals surface area (Å²) >= 11 is 1.88. The Kier molecular flexibility index (Phi) is 6.49. The second kappa shape index (κ2) is 10.3. The van der Waals surface area contributed by atoms with Crippen molar-refractivity contribution in [1.82, 2.24) is 4.57 Å². The number of aromatic nitrogens is 1. The van der Waals surface area contributed by atoms with E-state index < -0.39 is 0 Å². The van der Waals surface area contributed by atoms with Crippen LogP contribution in [0, 0.1) is 18.3 Å². The Morgan fingerprint density at radius 3 is 2.15 bits per heavy atom. The van der Waals surface area contributed by atoms with E-state index in [4.69, 9.17) is 0 Å². The molecule has 5 aromatic carbocycles. The lowest BCUT2D eigenvalue weighted by atomic mass is 9.98. The normalized spacial score (nSPS) is 11.3. The lowest BCUT2D eigenvalue weighted by Crippen LogP contribution is -1.94. The lowest BCUT2D eigenvalue weighted by Gasteiger charge is -2.11. The van der Waals surface area contributed by atoms with Gasteiger partial charge in [0.25, 0.3) is 0 Å². The molecule has 0 spiro atoms. The van der Waals surface area contributed by atoms with E-state index >= 15 is 0 Å². The summed E-state index contributed by atoms with van der Waals surface area (Å²) < 4.78 is 5.06. The van der Waals surface area contributed by atoms with Crippen LogP contribution in [0.5, 0.6) is 0 Å². The van der Waals surface area contributed by atoms with Crippen molar-refractivity contribution in [1.29, 1.82) is 5.26 Å². The number of nitriles is 1. The zero-order valence-electron chi connectivity index (χ0n) is 22.3. The van der Waals surface area contributed by atoms with Gasteiger partial charge in [0.05, 0.1) is 22.7 Å². The van der Waals surface area contributed by atoms with E-state index in [1.165, 1.54) is 42.0 Å². The molecule has 0 saturated heterocycles. The molecule has 2 heterocycles. The molecule has 39 heavy (non-hydrogen) atoms. The average Bonchev–Trinajstić information content (AvgIpc) is 3.53. The Morgan fingerprint density at radius 1 is 0.718 bits per heavy atom. The van der Waals surface area contributed by atoms with Gasteiger partial charge in [-0.15, -0.1) is 11.3 Å². The molecular formula is C36H28N2S. The van der Waals surface area contributed by atoms with Crippen LogP contribution in [0.1, 0.15) is 25.0 Å². The first-order valence-corrected chi connectivity index (χ1v) is 14.0. The average molecular weight is 521 g/mol. The number of allylic oxidation sites excluding steroid dienone is 2. The number of aryl methyl sites for hydroxylation is 1. The zero-order chi connectivity index (χ0) is 26.9. The van der Waals surface area contributed by atoms with Crippen LogP contribution >= 0.6 is 11.3 Å². The Labute approximate surface area is 232 Å². The molecule has 0 N–H and O–H groups in total. The molecule has 0 fully saturated rings. The number of nitrogens with zero attached hydrogens (tertiary/aromatic N) is 2. The first-order chi connectivity index (χ1) is 19.1. The molecule has 0 atom stereocenters. The zero-order valence-corrected chi connectivity index (χ0v) is 23.1. The van der Waals surface area contributed by atoms with E-state index in [1.807, 2.05) is 55.5 Å². The molecule has 7 aromatic rings. The van der Waals surface area contributed by atoms with Crippen molar-refractivity contribution in [3.8, 4) is 22.9 Å². The second-order valence-corrected chi connectivity index (χ2v) is 10.7. The van der Waals surface area contributed by atoms with Gasteiger partial charge in [0.15, 0.2) is 0 Å². The minimum absolute atomic E-state index is 0.695. The highest BCUT2D eigenvalue weighted by molar-refractivity contribution is 7.26. The van der Waals surface area contributed by atoms with Crippen LogP contribution in [-0.4, -0.2) is 4.57 Å². The van der Waals surface area contributed by atoms with Crippen molar-refractivity contribution in [3.05, 3.63) is 126 Å². The first kappa shape index (κ1) is 24.7. The third-order valence-corrected chi connectivity index (χ3v) is 8.51. The van der Waals surface area contributed by atoms with Crippen LogP contribution in [0.15, 0.2) is 115 Å². The van der Waals surface area contributed by atoms with Gasteiger partial charge in [-0.25, -0.2) is 0 Å². The molecule has 0 radical (unpaired) electrons. The van der Waals surface area contributed by atoms with Crippen LogP contribution in [0.3, 0.4) is 0 Å². The molecule has 0 aliphatic rings. The van der Waals surface area contributed by atoms with Gasteiger partial charge in [0.1, 0.15) is 0 Å². The van der Waals surface area contributed by atoms with Crippen molar-refractivity contribution in [2.45, 2.75) is 20.8 Å². The van der Waals surface area contributed by atoms with Crippen molar-refractivity contribution < 1.29 is 0 Å². The second-order valence-electron chi connectivity index (χ2n) is 9.64. The Bertz CT molecular complexity index is 2040. The van der Waals surface area contributed by atoms with Crippen LogP contribution in [0.25, 0.3) is 58.8 Å². The van der Waals surface area contributed by atoms with Crippen molar-refractivity contribution >= 4 is 53.3 Å². The van der Waals surface area contributed by atoms with E-state index in [0.29, 0.717) is 5.56 Å². The highest BCUT2D eigenvalue weighted by Gasteiger charge is 2.17. The van der Waals surface area contributed by atoms with Gasteiger partial charge >= 0.3 is 0 Å². The summed E-state index contributed by atoms with van der Waals surface area (Å²) in [4.78, 5) is 0. The van der Waals surface area contributed by atoms with Gasteiger partial charge in [-0.2, -0.15) is 5.26 Å². The highest BCUT2D eigenvalue weighted by Crippen LogP contribution is 2.43. The number of fused-ring (bicyclic) bond motifs is 7. The van der Waals surface area contributed by atoms with E-state index in [2.05, 4.69) is 102 Å². The molecule has 3 heteroatoms. The van der Waals surface area contributed by atoms with Gasteiger partial charge in [0.2, 0.25) is 0 Å². The summed E-state index contributed by atoms with van der Waals surface area (Å²) in [6.07, 6.45) is 4.00. The summed E-state index contributed by atoms with van der Waals surface area (Å²) in [5.74, 6) is 0. The number of benzene rings is 5. The van der Waals surface area contributed by atoms with Gasteiger partial charge in [0, 0.05) is 36.6 Å². The molecule has 2 aromatic heterocycles. The maximum Gasteiger partial charge on any atom is 0.0991 e. The van der Waals surface area contributed by atoms with Crippen molar-refractivity contribution in [2.75, 3.05) is 0 Å². The Balaban J connectivity index is 0.000000650. The fraction of sp³-hybridized carbons (Fsp3) is 0.0833. The fourth-order valence-electron chi connectivity index (χ4n) is 5.36. The molecule has 0 aliphatic heterocycles. The van der Waals surface area contributed by atoms with Gasteiger partial charge < -0.3 is 4.57 Å².